The molecule has 0 aromatic carbocycles. The highest BCUT2D eigenvalue weighted by Crippen LogP contribution is 2.48. The van der Waals surface area contributed by atoms with Crippen molar-refractivity contribution in [2.75, 3.05) is 0 Å². The van der Waals surface area contributed by atoms with Gasteiger partial charge in [-0.2, -0.15) is 0 Å². The van der Waals surface area contributed by atoms with Gasteiger partial charge in [0.25, 0.3) is 0 Å². The molecule has 0 aromatic heterocycles. The number of rotatable bonds is 2. The maximum Gasteiger partial charge on any atom is 0.339 e. The number of nitrogens with one attached hydrogen (secondary N) is 1. The first kappa shape index (κ1) is 11.4. The SMILES string of the molecule is CC(C)[C@H](O)[C@@]12NC(=O)C(C)(C)[C@@H]1OC2=O. The molecule has 2 fully saturated rings. The summed E-state index contributed by atoms with van der Waals surface area (Å²) in [6, 6.07) is 0. The van der Waals surface area contributed by atoms with E-state index in [0.29, 0.717) is 0 Å². The lowest BCUT2D eigenvalue weighted by Gasteiger charge is -2.48. The standard InChI is InChI=1S/C11H17NO4/c1-5(2)6(13)11-7(16-9(11)15)10(3,4)8(14)12-11/h5-7,13H,1-4H3,(H,12,14)/t6-,7-,11+/m0/s1. The molecule has 2 heterocycles. The van der Waals surface area contributed by atoms with Gasteiger partial charge in [0.2, 0.25) is 11.4 Å². The van der Waals surface area contributed by atoms with Crippen LogP contribution in [-0.4, -0.2) is 34.7 Å². The molecule has 0 bridgehead atoms. The van der Waals surface area contributed by atoms with Gasteiger partial charge >= 0.3 is 5.97 Å². The zero-order chi connectivity index (χ0) is 12.3. The van der Waals surface area contributed by atoms with Crippen molar-refractivity contribution in [3.8, 4) is 0 Å². The van der Waals surface area contributed by atoms with Gasteiger partial charge in [0.05, 0.1) is 11.5 Å². The molecule has 1 amide bonds. The summed E-state index contributed by atoms with van der Waals surface area (Å²) < 4.78 is 5.04. The van der Waals surface area contributed by atoms with E-state index in [0.717, 1.165) is 0 Å². The van der Waals surface area contributed by atoms with Gasteiger partial charge in [0, 0.05) is 0 Å². The highest BCUT2D eigenvalue weighted by Gasteiger charge is 2.74. The number of fused-ring (bicyclic) bond motifs is 1. The van der Waals surface area contributed by atoms with Gasteiger partial charge in [0.1, 0.15) is 0 Å². The van der Waals surface area contributed by atoms with Crippen LogP contribution in [0.4, 0.5) is 0 Å². The molecule has 2 N–H and O–H groups in total. The van der Waals surface area contributed by atoms with Gasteiger partial charge in [-0.1, -0.05) is 13.8 Å². The van der Waals surface area contributed by atoms with E-state index >= 15 is 0 Å². The van der Waals surface area contributed by atoms with Crippen LogP contribution in [-0.2, 0) is 14.3 Å². The molecule has 0 unspecified atom stereocenters. The topological polar surface area (TPSA) is 75.6 Å². The van der Waals surface area contributed by atoms with E-state index in [-0.39, 0.29) is 11.8 Å². The average molecular weight is 227 g/mol. The number of hydrogen-bond acceptors (Lipinski definition) is 4. The lowest BCUT2D eigenvalue weighted by Crippen LogP contribution is -2.74. The van der Waals surface area contributed by atoms with Crippen molar-refractivity contribution in [3.63, 3.8) is 0 Å². The van der Waals surface area contributed by atoms with Gasteiger partial charge in [-0.15, -0.1) is 0 Å². The zero-order valence-corrected chi connectivity index (χ0v) is 9.90. The number of aliphatic hydroxyl groups is 1. The number of esters is 1. The summed E-state index contributed by atoms with van der Waals surface area (Å²) in [6.07, 6.45) is -1.48. The Kier molecular flexibility index (Phi) is 2.11. The minimum Gasteiger partial charge on any atom is -0.456 e. The molecule has 2 aliphatic rings. The molecule has 2 rings (SSSR count). The molecule has 0 radical (unpaired) electrons. The minimum atomic E-state index is -1.23. The van der Waals surface area contributed by atoms with Crippen LogP contribution in [0.3, 0.4) is 0 Å². The maximum absolute atomic E-state index is 11.8. The van der Waals surface area contributed by atoms with Crippen LogP contribution in [0.2, 0.25) is 0 Å². The Labute approximate surface area is 94.2 Å². The third-order valence-electron chi connectivity index (χ3n) is 3.64. The molecule has 0 aromatic rings. The van der Waals surface area contributed by atoms with E-state index in [1.165, 1.54) is 0 Å². The Morgan fingerprint density at radius 1 is 1.38 bits per heavy atom. The molecular weight excluding hydrogens is 210 g/mol. The van der Waals surface area contributed by atoms with Crippen LogP contribution in [0.1, 0.15) is 27.7 Å². The van der Waals surface area contributed by atoms with E-state index in [4.69, 9.17) is 4.74 Å². The van der Waals surface area contributed by atoms with E-state index in [1.54, 1.807) is 27.7 Å². The highest BCUT2D eigenvalue weighted by molar-refractivity contribution is 6.01. The van der Waals surface area contributed by atoms with E-state index in [9.17, 15) is 14.7 Å². The molecule has 5 nitrogen and oxygen atoms in total. The van der Waals surface area contributed by atoms with E-state index in [2.05, 4.69) is 5.32 Å². The second-order valence-electron chi connectivity index (χ2n) is 5.52. The highest BCUT2D eigenvalue weighted by atomic mass is 16.6. The average Bonchev–Trinajstić information content (AvgIpc) is 2.34. The number of carbonyl (C=O) groups is 2. The van der Waals surface area contributed by atoms with Crippen molar-refractivity contribution in [3.05, 3.63) is 0 Å². The lowest BCUT2D eigenvalue weighted by molar-refractivity contribution is -0.213. The fourth-order valence-corrected chi connectivity index (χ4v) is 2.52. The van der Waals surface area contributed by atoms with Crippen molar-refractivity contribution in [2.24, 2.45) is 11.3 Å². The number of carbonyl (C=O) groups excluding carboxylic acids is 2. The molecule has 16 heavy (non-hydrogen) atoms. The summed E-state index contributed by atoms with van der Waals surface area (Å²) in [4.78, 5) is 23.4. The molecule has 90 valence electrons. The van der Waals surface area contributed by atoms with Gasteiger partial charge in [-0.25, -0.2) is 4.79 Å². The first-order valence-corrected chi connectivity index (χ1v) is 5.46. The summed E-state index contributed by atoms with van der Waals surface area (Å²) in [7, 11) is 0. The molecular formula is C11H17NO4. The minimum absolute atomic E-state index is 0.121. The fraction of sp³-hybridized carbons (Fsp3) is 0.818. The van der Waals surface area contributed by atoms with E-state index in [1.807, 2.05) is 0 Å². The third kappa shape index (κ3) is 1.04. The van der Waals surface area contributed by atoms with Crippen molar-refractivity contribution in [2.45, 2.75) is 45.4 Å². The molecule has 0 aliphatic carbocycles. The Balaban J connectivity index is 2.40. The van der Waals surface area contributed by atoms with Crippen LogP contribution < -0.4 is 5.32 Å². The number of ether oxygens (including phenoxy) is 1. The summed E-state index contributed by atoms with van der Waals surface area (Å²) in [6.45, 7) is 7.04. The first-order chi connectivity index (χ1) is 7.24. The summed E-state index contributed by atoms with van der Waals surface area (Å²) in [5.41, 5.74) is -2.00. The molecule has 0 spiro atoms. The van der Waals surface area contributed by atoms with Gasteiger partial charge in [0.15, 0.2) is 6.10 Å². The molecule has 5 heteroatoms. The maximum atomic E-state index is 11.8. The quantitative estimate of drug-likeness (QED) is 0.642. The van der Waals surface area contributed by atoms with Gasteiger partial charge < -0.3 is 15.2 Å². The smallest absolute Gasteiger partial charge is 0.339 e. The van der Waals surface area contributed by atoms with Gasteiger partial charge in [-0.3, -0.25) is 4.79 Å². The second kappa shape index (κ2) is 2.97. The Morgan fingerprint density at radius 2 is 1.94 bits per heavy atom. The zero-order valence-electron chi connectivity index (χ0n) is 9.90. The normalized spacial score (nSPS) is 37.5. The Morgan fingerprint density at radius 3 is 2.31 bits per heavy atom. The monoisotopic (exact) mass is 227 g/mol. The number of hydrogen-bond donors (Lipinski definition) is 2. The molecule has 2 saturated heterocycles. The van der Waals surface area contributed by atoms with Crippen LogP contribution in [0.5, 0.6) is 0 Å². The molecule has 0 saturated carbocycles. The molecule has 3 atom stereocenters. The first-order valence-electron chi connectivity index (χ1n) is 5.46. The molecule has 2 aliphatic heterocycles. The fourth-order valence-electron chi connectivity index (χ4n) is 2.52. The van der Waals surface area contributed by atoms with Crippen molar-refractivity contribution < 1.29 is 19.4 Å². The summed E-state index contributed by atoms with van der Waals surface area (Å²) in [5, 5.41) is 12.7. The van der Waals surface area contributed by atoms with Crippen LogP contribution in [0.25, 0.3) is 0 Å². The van der Waals surface area contributed by atoms with Crippen molar-refractivity contribution in [1.29, 1.82) is 0 Å². The van der Waals surface area contributed by atoms with Crippen molar-refractivity contribution >= 4 is 11.9 Å². The third-order valence-corrected chi connectivity index (χ3v) is 3.64. The summed E-state index contributed by atoms with van der Waals surface area (Å²) in [5.74, 6) is -0.898. The summed E-state index contributed by atoms with van der Waals surface area (Å²) >= 11 is 0. The van der Waals surface area contributed by atoms with Crippen LogP contribution in [0.15, 0.2) is 0 Å². The van der Waals surface area contributed by atoms with Crippen LogP contribution in [0, 0.1) is 11.3 Å². The second-order valence-corrected chi connectivity index (χ2v) is 5.52. The Hall–Kier alpha value is -1.10. The van der Waals surface area contributed by atoms with E-state index < -0.39 is 29.1 Å². The number of amides is 1. The predicted molar refractivity (Wildman–Crippen MR) is 55.4 cm³/mol. The predicted octanol–water partition coefficient (Wildman–Crippen LogP) is -0.177. The Bertz CT molecular complexity index is 363. The lowest BCUT2D eigenvalue weighted by atomic mass is 9.71. The largest absolute Gasteiger partial charge is 0.456 e. The van der Waals surface area contributed by atoms with Gasteiger partial charge in [-0.05, 0) is 19.8 Å². The number of aliphatic hydroxyl groups excluding tert-OH is 1. The van der Waals surface area contributed by atoms with Crippen LogP contribution >= 0.6 is 0 Å². The van der Waals surface area contributed by atoms with Crippen molar-refractivity contribution in [1.82, 2.24) is 5.32 Å².